The van der Waals surface area contributed by atoms with Crippen LogP contribution in [0.2, 0.25) is 0 Å². The molecule has 7 heteroatoms. The van der Waals surface area contributed by atoms with Gasteiger partial charge in [-0.3, -0.25) is 19.6 Å². The Kier molecular flexibility index (Phi) is 8.35. The van der Waals surface area contributed by atoms with Crippen LogP contribution in [-0.2, 0) is 6.42 Å². The second-order valence-electron chi connectivity index (χ2n) is 8.61. The minimum atomic E-state index is -0.201. The highest BCUT2D eigenvalue weighted by atomic mass is 16.2. The van der Waals surface area contributed by atoms with Crippen LogP contribution in [0.25, 0.3) is 0 Å². The highest BCUT2D eigenvalue weighted by Crippen LogP contribution is 2.14. The van der Waals surface area contributed by atoms with Crippen molar-refractivity contribution >= 4 is 17.5 Å². The number of carbonyl (C=O) groups is 2. The summed E-state index contributed by atoms with van der Waals surface area (Å²) in [6, 6.07) is 14.5. The molecule has 34 heavy (non-hydrogen) atoms. The molecular formula is C27H31N5O2. The number of rotatable bonds is 9. The van der Waals surface area contributed by atoms with Gasteiger partial charge in [-0.15, -0.1) is 0 Å². The molecule has 2 N–H and O–H groups in total. The average Bonchev–Trinajstić information content (AvgIpc) is 2.88. The molecule has 0 aliphatic carbocycles. The number of benzene rings is 1. The zero-order valence-electron chi connectivity index (χ0n) is 19.4. The van der Waals surface area contributed by atoms with Gasteiger partial charge in [0.25, 0.3) is 11.8 Å². The van der Waals surface area contributed by atoms with Crippen LogP contribution in [0.4, 0.5) is 5.69 Å². The fourth-order valence-electron chi connectivity index (χ4n) is 4.18. The Labute approximate surface area is 200 Å². The summed E-state index contributed by atoms with van der Waals surface area (Å²) in [7, 11) is 0. The zero-order chi connectivity index (χ0) is 23.6. The molecule has 3 heterocycles. The Balaban J connectivity index is 1.30. The minimum absolute atomic E-state index is 0.0565. The number of hydrogen-bond donors (Lipinski definition) is 2. The topological polar surface area (TPSA) is 87.2 Å². The number of likely N-dealkylation sites (tertiary alicyclic amines) is 1. The molecule has 0 saturated carbocycles. The predicted molar refractivity (Wildman–Crippen MR) is 133 cm³/mol. The second-order valence-corrected chi connectivity index (χ2v) is 8.61. The number of hydrogen-bond acceptors (Lipinski definition) is 5. The van der Waals surface area contributed by atoms with Crippen molar-refractivity contribution in [2.75, 3.05) is 31.5 Å². The Bertz CT molecular complexity index is 1100. The molecule has 1 fully saturated rings. The van der Waals surface area contributed by atoms with Crippen molar-refractivity contribution in [3.05, 3.63) is 89.5 Å². The van der Waals surface area contributed by atoms with Gasteiger partial charge in [0, 0.05) is 54.1 Å². The third kappa shape index (κ3) is 6.96. The summed E-state index contributed by atoms with van der Waals surface area (Å²) in [5.74, 6) is -0.258. The molecule has 3 aromatic rings. The summed E-state index contributed by atoms with van der Waals surface area (Å²) in [6.45, 7) is 4.07. The van der Waals surface area contributed by atoms with Crippen LogP contribution in [0, 0.1) is 0 Å². The first-order chi connectivity index (χ1) is 16.7. The van der Waals surface area contributed by atoms with E-state index in [9.17, 15) is 9.59 Å². The summed E-state index contributed by atoms with van der Waals surface area (Å²) in [5.41, 5.74) is 3.60. The molecule has 1 aliphatic rings. The number of piperidine rings is 1. The van der Waals surface area contributed by atoms with Crippen LogP contribution >= 0.6 is 0 Å². The number of amides is 2. The lowest BCUT2D eigenvalue weighted by atomic mass is 10.0. The molecule has 0 spiro atoms. The van der Waals surface area contributed by atoms with E-state index in [4.69, 9.17) is 0 Å². The van der Waals surface area contributed by atoms with Crippen molar-refractivity contribution in [3.8, 4) is 0 Å². The third-order valence-corrected chi connectivity index (χ3v) is 5.98. The fraction of sp³-hybridized carbons (Fsp3) is 0.333. The molecule has 1 saturated heterocycles. The van der Waals surface area contributed by atoms with Gasteiger partial charge in [-0.05, 0) is 80.9 Å². The third-order valence-electron chi connectivity index (χ3n) is 5.98. The number of anilines is 1. The van der Waals surface area contributed by atoms with E-state index in [0.29, 0.717) is 29.8 Å². The van der Waals surface area contributed by atoms with E-state index in [2.05, 4.69) is 25.5 Å². The second kappa shape index (κ2) is 12.0. The fourth-order valence-corrected chi connectivity index (χ4v) is 4.18. The van der Waals surface area contributed by atoms with E-state index in [0.717, 1.165) is 24.2 Å². The van der Waals surface area contributed by atoms with E-state index in [1.807, 2.05) is 24.3 Å². The first-order valence-corrected chi connectivity index (χ1v) is 11.9. The van der Waals surface area contributed by atoms with E-state index in [1.165, 1.54) is 32.4 Å². The van der Waals surface area contributed by atoms with Gasteiger partial charge in [0.15, 0.2) is 0 Å². The van der Waals surface area contributed by atoms with E-state index >= 15 is 0 Å². The molecule has 1 aromatic carbocycles. The standard InChI is InChI=1S/C27H31N5O2/c33-26(30-11-5-17-32-15-2-1-3-16-32)22-7-4-6-21(18-22)19-25-20-23(8-14-29-25)27(34)31-24-9-12-28-13-10-24/h4,6-10,12-14,18,20H,1-3,5,11,15-17,19H2,(H,30,33)(H,28,31,34). The Morgan fingerprint density at radius 3 is 2.50 bits per heavy atom. The summed E-state index contributed by atoms with van der Waals surface area (Å²) in [6.07, 6.45) is 10.3. The normalized spacial score (nSPS) is 13.9. The summed E-state index contributed by atoms with van der Waals surface area (Å²) >= 11 is 0. The van der Waals surface area contributed by atoms with Gasteiger partial charge in [-0.2, -0.15) is 0 Å². The van der Waals surface area contributed by atoms with Gasteiger partial charge >= 0.3 is 0 Å². The van der Waals surface area contributed by atoms with Gasteiger partial charge in [0.05, 0.1) is 0 Å². The van der Waals surface area contributed by atoms with Crippen LogP contribution in [-0.4, -0.2) is 52.9 Å². The summed E-state index contributed by atoms with van der Waals surface area (Å²) in [5, 5.41) is 5.89. The molecule has 0 unspecified atom stereocenters. The Hall–Kier alpha value is -3.58. The van der Waals surface area contributed by atoms with Crippen LogP contribution in [0.15, 0.2) is 67.1 Å². The van der Waals surface area contributed by atoms with Crippen molar-refractivity contribution in [1.29, 1.82) is 0 Å². The quantitative estimate of drug-likeness (QED) is 0.476. The lowest BCUT2D eigenvalue weighted by molar-refractivity contribution is 0.0950. The van der Waals surface area contributed by atoms with Crippen LogP contribution in [0.5, 0.6) is 0 Å². The SMILES string of the molecule is O=C(NCCCN1CCCCC1)c1cccc(Cc2cc(C(=O)Nc3ccncc3)ccn2)c1. The van der Waals surface area contributed by atoms with Crippen molar-refractivity contribution in [2.24, 2.45) is 0 Å². The summed E-state index contributed by atoms with van der Waals surface area (Å²) < 4.78 is 0. The Morgan fingerprint density at radius 1 is 0.882 bits per heavy atom. The maximum absolute atomic E-state index is 12.6. The highest BCUT2D eigenvalue weighted by molar-refractivity contribution is 6.04. The molecule has 0 radical (unpaired) electrons. The molecule has 2 amide bonds. The van der Waals surface area contributed by atoms with Crippen molar-refractivity contribution in [2.45, 2.75) is 32.1 Å². The largest absolute Gasteiger partial charge is 0.352 e. The maximum Gasteiger partial charge on any atom is 0.255 e. The summed E-state index contributed by atoms with van der Waals surface area (Å²) in [4.78, 5) is 36.0. The average molecular weight is 458 g/mol. The first-order valence-electron chi connectivity index (χ1n) is 11.9. The molecule has 1 aliphatic heterocycles. The van der Waals surface area contributed by atoms with Crippen molar-refractivity contribution in [3.63, 3.8) is 0 Å². The number of nitrogens with one attached hydrogen (secondary N) is 2. The lowest BCUT2D eigenvalue weighted by Gasteiger charge is -2.26. The molecule has 0 bridgehead atoms. The zero-order valence-corrected chi connectivity index (χ0v) is 19.4. The number of aromatic nitrogens is 2. The van der Waals surface area contributed by atoms with E-state index in [1.54, 1.807) is 42.9 Å². The number of nitrogens with zero attached hydrogens (tertiary/aromatic N) is 3. The van der Waals surface area contributed by atoms with Crippen LogP contribution in [0.1, 0.15) is 57.7 Å². The number of pyridine rings is 2. The molecule has 4 rings (SSSR count). The maximum atomic E-state index is 12.6. The van der Waals surface area contributed by atoms with Gasteiger partial charge in [-0.1, -0.05) is 18.6 Å². The lowest BCUT2D eigenvalue weighted by Crippen LogP contribution is -2.33. The van der Waals surface area contributed by atoms with Gasteiger partial charge < -0.3 is 15.5 Å². The van der Waals surface area contributed by atoms with E-state index < -0.39 is 0 Å². The molecular weight excluding hydrogens is 426 g/mol. The monoisotopic (exact) mass is 457 g/mol. The first kappa shape index (κ1) is 23.6. The predicted octanol–water partition coefficient (Wildman–Crippen LogP) is 3.93. The molecule has 0 atom stereocenters. The van der Waals surface area contributed by atoms with Crippen LogP contribution < -0.4 is 10.6 Å². The van der Waals surface area contributed by atoms with Gasteiger partial charge in [0.1, 0.15) is 0 Å². The minimum Gasteiger partial charge on any atom is -0.352 e. The molecule has 176 valence electrons. The van der Waals surface area contributed by atoms with Gasteiger partial charge in [0.2, 0.25) is 0 Å². The van der Waals surface area contributed by atoms with Gasteiger partial charge in [-0.25, -0.2) is 0 Å². The van der Waals surface area contributed by atoms with Crippen molar-refractivity contribution < 1.29 is 9.59 Å². The number of carbonyl (C=O) groups excluding carboxylic acids is 2. The van der Waals surface area contributed by atoms with Crippen LogP contribution in [0.3, 0.4) is 0 Å². The smallest absolute Gasteiger partial charge is 0.255 e. The van der Waals surface area contributed by atoms with Crippen molar-refractivity contribution in [1.82, 2.24) is 20.2 Å². The highest BCUT2D eigenvalue weighted by Gasteiger charge is 2.11. The van der Waals surface area contributed by atoms with E-state index in [-0.39, 0.29) is 11.8 Å². The molecule has 7 nitrogen and oxygen atoms in total. The Morgan fingerprint density at radius 2 is 1.68 bits per heavy atom. The molecule has 2 aromatic heterocycles.